The van der Waals surface area contributed by atoms with Gasteiger partial charge in [0.15, 0.2) is 12.4 Å². The van der Waals surface area contributed by atoms with E-state index in [1.54, 1.807) is 36.4 Å². The first kappa shape index (κ1) is 17.2. The number of anilines is 1. The molecule has 0 saturated carbocycles. The van der Waals surface area contributed by atoms with Crippen molar-refractivity contribution in [2.24, 2.45) is 0 Å². The molecular formula is C18H17NO5. The summed E-state index contributed by atoms with van der Waals surface area (Å²) in [5.41, 5.74) is 0.946. The van der Waals surface area contributed by atoms with Gasteiger partial charge in [0.2, 0.25) is 0 Å². The molecule has 6 heteroatoms. The van der Waals surface area contributed by atoms with Crippen molar-refractivity contribution in [1.29, 1.82) is 0 Å². The van der Waals surface area contributed by atoms with Crippen LogP contribution in [0.2, 0.25) is 0 Å². The van der Waals surface area contributed by atoms with E-state index in [0.29, 0.717) is 17.0 Å². The highest BCUT2D eigenvalue weighted by Crippen LogP contribution is 2.13. The number of benzene rings is 2. The molecule has 0 aromatic heterocycles. The van der Waals surface area contributed by atoms with Crippen LogP contribution >= 0.6 is 0 Å². The standard InChI is InChI=1S/C18H17NO5/c20-16(10-11-18(22)23)13-6-8-14(9-7-13)19-17(21)12-24-15-4-2-1-3-5-15/h1-9H,10-12H2,(H,19,21)(H,22,23). The lowest BCUT2D eigenvalue weighted by Crippen LogP contribution is -2.20. The highest BCUT2D eigenvalue weighted by molar-refractivity contribution is 5.98. The number of carbonyl (C=O) groups excluding carboxylic acids is 2. The van der Waals surface area contributed by atoms with E-state index in [1.807, 2.05) is 18.2 Å². The molecule has 0 aliphatic heterocycles. The smallest absolute Gasteiger partial charge is 0.303 e. The van der Waals surface area contributed by atoms with Crippen molar-refractivity contribution in [2.45, 2.75) is 12.8 Å². The Morgan fingerprint density at radius 1 is 0.917 bits per heavy atom. The molecule has 0 heterocycles. The Bertz CT molecular complexity index is 710. The number of aliphatic carboxylic acids is 1. The van der Waals surface area contributed by atoms with Gasteiger partial charge in [0.1, 0.15) is 5.75 Å². The van der Waals surface area contributed by atoms with Gasteiger partial charge in [-0.05, 0) is 36.4 Å². The van der Waals surface area contributed by atoms with Crippen molar-refractivity contribution < 1.29 is 24.2 Å². The Balaban J connectivity index is 1.83. The Morgan fingerprint density at radius 3 is 2.21 bits per heavy atom. The summed E-state index contributed by atoms with van der Waals surface area (Å²) in [5.74, 6) is -0.968. The third-order valence-electron chi connectivity index (χ3n) is 3.17. The molecule has 2 rings (SSSR count). The van der Waals surface area contributed by atoms with Crippen LogP contribution in [0, 0.1) is 0 Å². The number of carbonyl (C=O) groups is 3. The number of carboxylic acid groups (broad SMARTS) is 1. The van der Waals surface area contributed by atoms with E-state index in [9.17, 15) is 14.4 Å². The molecule has 0 spiro atoms. The SMILES string of the molecule is O=C(O)CCC(=O)c1ccc(NC(=O)COc2ccccc2)cc1. The maximum Gasteiger partial charge on any atom is 0.303 e. The average molecular weight is 327 g/mol. The average Bonchev–Trinajstić information content (AvgIpc) is 2.59. The van der Waals surface area contributed by atoms with Gasteiger partial charge in [-0.1, -0.05) is 18.2 Å². The highest BCUT2D eigenvalue weighted by atomic mass is 16.5. The van der Waals surface area contributed by atoms with E-state index in [-0.39, 0.29) is 31.1 Å². The fourth-order valence-electron chi connectivity index (χ4n) is 1.97. The number of hydrogen-bond acceptors (Lipinski definition) is 4. The number of rotatable bonds is 8. The Labute approximate surface area is 139 Å². The van der Waals surface area contributed by atoms with E-state index < -0.39 is 5.97 Å². The van der Waals surface area contributed by atoms with Crippen LogP contribution in [0.25, 0.3) is 0 Å². The number of amides is 1. The van der Waals surface area contributed by atoms with Crippen LogP contribution in [0.3, 0.4) is 0 Å². The van der Waals surface area contributed by atoms with Crippen molar-refractivity contribution >= 4 is 23.3 Å². The van der Waals surface area contributed by atoms with Crippen LogP contribution in [-0.2, 0) is 9.59 Å². The third-order valence-corrected chi connectivity index (χ3v) is 3.17. The monoisotopic (exact) mass is 327 g/mol. The number of ketones is 1. The molecule has 2 aromatic carbocycles. The summed E-state index contributed by atoms with van der Waals surface area (Å²) in [4.78, 5) is 34.0. The molecule has 0 saturated heterocycles. The van der Waals surface area contributed by atoms with Gasteiger partial charge in [-0.3, -0.25) is 14.4 Å². The number of nitrogens with one attached hydrogen (secondary N) is 1. The van der Waals surface area contributed by atoms with E-state index in [2.05, 4.69) is 5.32 Å². The zero-order valence-corrected chi connectivity index (χ0v) is 12.9. The van der Waals surface area contributed by atoms with Crippen LogP contribution in [0.1, 0.15) is 23.2 Å². The molecular weight excluding hydrogens is 310 g/mol. The van der Waals surface area contributed by atoms with E-state index in [4.69, 9.17) is 9.84 Å². The van der Waals surface area contributed by atoms with Gasteiger partial charge < -0.3 is 15.2 Å². The van der Waals surface area contributed by atoms with Gasteiger partial charge in [0.25, 0.3) is 5.91 Å². The first-order valence-corrected chi connectivity index (χ1v) is 7.37. The number of ether oxygens (including phenoxy) is 1. The van der Waals surface area contributed by atoms with Gasteiger partial charge in [0, 0.05) is 17.7 Å². The molecule has 0 atom stereocenters. The van der Waals surface area contributed by atoms with Crippen LogP contribution in [-0.4, -0.2) is 29.4 Å². The first-order valence-electron chi connectivity index (χ1n) is 7.37. The van der Waals surface area contributed by atoms with E-state index in [0.717, 1.165) is 0 Å². The second kappa shape index (κ2) is 8.47. The molecule has 0 unspecified atom stereocenters. The third kappa shape index (κ3) is 5.57. The lowest BCUT2D eigenvalue weighted by atomic mass is 10.1. The molecule has 0 fully saturated rings. The maximum absolute atomic E-state index is 11.8. The summed E-state index contributed by atoms with van der Waals surface area (Å²) in [5, 5.41) is 11.2. The van der Waals surface area contributed by atoms with Crippen LogP contribution in [0.5, 0.6) is 5.75 Å². The quantitative estimate of drug-likeness (QED) is 0.727. The van der Waals surface area contributed by atoms with E-state index in [1.165, 1.54) is 0 Å². The summed E-state index contributed by atoms with van der Waals surface area (Å²) in [6.45, 7) is -0.122. The zero-order chi connectivity index (χ0) is 17.4. The summed E-state index contributed by atoms with van der Waals surface area (Å²) in [6.07, 6.45) is -0.250. The molecule has 2 N–H and O–H groups in total. The van der Waals surface area contributed by atoms with Crippen LogP contribution < -0.4 is 10.1 Å². The van der Waals surface area contributed by atoms with Crippen LogP contribution in [0.15, 0.2) is 54.6 Å². The second-order valence-electron chi connectivity index (χ2n) is 5.04. The van der Waals surface area contributed by atoms with Gasteiger partial charge in [0.05, 0.1) is 6.42 Å². The minimum atomic E-state index is -1.01. The minimum absolute atomic E-state index is 0.0496. The predicted octanol–water partition coefficient (Wildman–Crippen LogP) is 2.75. The molecule has 2 aromatic rings. The maximum atomic E-state index is 11.8. The molecule has 124 valence electrons. The number of Topliss-reactive ketones (excluding diaryl/α,β-unsaturated/α-hetero) is 1. The van der Waals surface area contributed by atoms with E-state index >= 15 is 0 Å². The Hall–Kier alpha value is -3.15. The summed E-state index contributed by atoms with van der Waals surface area (Å²) in [6, 6.07) is 15.3. The van der Waals surface area contributed by atoms with Crippen molar-refractivity contribution in [3.63, 3.8) is 0 Å². The van der Waals surface area contributed by atoms with Gasteiger partial charge >= 0.3 is 5.97 Å². The molecule has 0 aliphatic carbocycles. The van der Waals surface area contributed by atoms with Crippen LogP contribution in [0.4, 0.5) is 5.69 Å². The fraction of sp³-hybridized carbons (Fsp3) is 0.167. The van der Waals surface area contributed by atoms with Crippen molar-refractivity contribution in [3.8, 4) is 5.75 Å². The molecule has 0 radical (unpaired) electrons. The number of hydrogen-bond donors (Lipinski definition) is 2. The predicted molar refractivity (Wildman–Crippen MR) is 88.2 cm³/mol. The number of para-hydroxylation sites is 1. The fourth-order valence-corrected chi connectivity index (χ4v) is 1.97. The Kier molecular flexibility index (Phi) is 6.08. The van der Waals surface area contributed by atoms with Gasteiger partial charge in [-0.25, -0.2) is 0 Å². The minimum Gasteiger partial charge on any atom is -0.484 e. The molecule has 24 heavy (non-hydrogen) atoms. The van der Waals surface area contributed by atoms with Crippen molar-refractivity contribution in [2.75, 3.05) is 11.9 Å². The van der Waals surface area contributed by atoms with Gasteiger partial charge in [-0.15, -0.1) is 0 Å². The summed E-state index contributed by atoms with van der Waals surface area (Å²) < 4.78 is 5.33. The second-order valence-corrected chi connectivity index (χ2v) is 5.04. The summed E-state index contributed by atoms with van der Waals surface area (Å²) >= 11 is 0. The molecule has 1 amide bonds. The largest absolute Gasteiger partial charge is 0.484 e. The zero-order valence-electron chi connectivity index (χ0n) is 12.9. The normalized spacial score (nSPS) is 10.0. The highest BCUT2D eigenvalue weighted by Gasteiger charge is 2.09. The van der Waals surface area contributed by atoms with Gasteiger partial charge in [-0.2, -0.15) is 0 Å². The molecule has 0 aliphatic rings. The van der Waals surface area contributed by atoms with Crippen molar-refractivity contribution in [3.05, 3.63) is 60.2 Å². The lowest BCUT2D eigenvalue weighted by Gasteiger charge is -2.08. The topological polar surface area (TPSA) is 92.7 Å². The molecule has 0 bridgehead atoms. The molecule has 6 nitrogen and oxygen atoms in total. The Morgan fingerprint density at radius 2 is 1.58 bits per heavy atom. The lowest BCUT2D eigenvalue weighted by molar-refractivity contribution is -0.137. The summed E-state index contributed by atoms with van der Waals surface area (Å²) in [7, 11) is 0. The number of carboxylic acids is 1. The van der Waals surface area contributed by atoms with Crippen molar-refractivity contribution in [1.82, 2.24) is 0 Å². The first-order chi connectivity index (χ1) is 11.5.